The zero-order valence-corrected chi connectivity index (χ0v) is 14.5. The van der Waals surface area contributed by atoms with Gasteiger partial charge in [-0.15, -0.1) is 6.58 Å². The first-order valence-corrected chi connectivity index (χ1v) is 8.01. The Morgan fingerprint density at radius 3 is 2.43 bits per heavy atom. The Bertz CT molecular complexity index is 589. The molecule has 1 saturated heterocycles. The van der Waals surface area contributed by atoms with Gasteiger partial charge in [0.05, 0.1) is 5.92 Å². The standard InChI is InChI=1S/C19H26N2O2/c1-6-10-15-13-21(17(23)14-11-8-7-9-12-14)18(19(2,3)4)20(5)16(15)22/h6-9,11-12,15,18H,1,10,13H2,2-5H3/t15-,18?/m0/s1. The van der Waals surface area contributed by atoms with Crippen LogP contribution in [0.1, 0.15) is 37.6 Å². The predicted octanol–water partition coefficient (Wildman–Crippen LogP) is 3.17. The summed E-state index contributed by atoms with van der Waals surface area (Å²) in [6.45, 7) is 10.3. The molecule has 23 heavy (non-hydrogen) atoms. The second-order valence-corrected chi connectivity index (χ2v) is 7.23. The van der Waals surface area contributed by atoms with Crippen molar-refractivity contribution in [3.8, 4) is 0 Å². The van der Waals surface area contributed by atoms with Gasteiger partial charge in [0.15, 0.2) is 0 Å². The zero-order valence-electron chi connectivity index (χ0n) is 14.5. The molecule has 1 aromatic carbocycles. The van der Waals surface area contributed by atoms with Crippen LogP contribution >= 0.6 is 0 Å². The van der Waals surface area contributed by atoms with E-state index in [1.54, 1.807) is 18.0 Å². The maximum atomic E-state index is 13.0. The van der Waals surface area contributed by atoms with Gasteiger partial charge in [-0.05, 0) is 18.6 Å². The van der Waals surface area contributed by atoms with E-state index in [0.29, 0.717) is 18.5 Å². The Morgan fingerprint density at radius 2 is 1.91 bits per heavy atom. The Labute approximate surface area is 138 Å². The molecule has 0 aliphatic carbocycles. The molecule has 4 nitrogen and oxygen atoms in total. The molecule has 2 amide bonds. The van der Waals surface area contributed by atoms with Crippen LogP contribution in [0.25, 0.3) is 0 Å². The molecule has 2 rings (SSSR count). The number of carbonyl (C=O) groups excluding carboxylic acids is 2. The van der Waals surface area contributed by atoms with Crippen LogP contribution in [0.15, 0.2) is 43.0 Å². The number of hydrogen-bond donors (Lipinski definition) is 0. The molecule has 2 atom stereocenters. The molecule has 0 spiro atoms. The lowest BCUT2D eigenvalue weighted by Crippen LogP contribution is -2.64. The average molecular weight is 314 g/mol. The first-order valence-electron chi connectivity index (χ1n) is 8.01. The van der Waals surface area contributed by atoms with Crippen LogP contribution in [-0.4, -0.2) is 41.4 Å². The van der Waals surface area contributed by atoms with Crippen LogP contribution in [0.4, 0.5) is 0 Å². The Morgan fingerprint density at radius 1 is 1.30 bits per heavy atom. The van der Waals surface area contributed by atoms with Crippen molar-refractivity contribution in [3.05, 3.63) is 48.6 Å². The van der Waals surface area contributed by atoms with Crippen molar-refractivity contribution < 1.29 is 9.59 Å². The number of hydrogen-bond acceptors (Lipinski definition) is 2. The molecule has 1 heterocycles. The highest BCUT2D eigenvalue weighted by atomic mass is 16.2. The summed E-state index contributed by atoms with van der Waals surface area (Å²) in [5.41, 5.74) is 0.426. The summed E-state index contributed by atoms with van der Waals surface area (Å²) in [5, 5.41) is 0. The first-order chi connectivity index (χ1) is 10.8. The van der Waals surface area contributed by atoms with Gasteiger partial charge in [0.2, 0.25) is 5.91 Å². The summed E-state index contributed by atoms with van der Waals surface area (Å²) in [5.74, 6) is -0.162. The van der Waals surface area contributed by atoms with Gasteiger partial charge in [-0.1, -0.05) is 45.0 Å². The minimum absolute atomic E-state index is 0.0288. The van der Waals surface area contributed by atoms with Gasteiger partial charge in [-0.2, -0.15) is 0 Å². The van der Waals surface area contributed by atoms with E-state index in [4.69, 9.17) is 0 Å². The van der Waals surface area contributed by atoms with Gasteiger partial charge in [-0.25, -0.2) is 0 Å². The Hall–Kier alpha value is -2.10. The van der Waals surface area contributed by atoms with Gasteiger partial charge in [0.1, 0.15) is 6.17 Å². The normalized spacial score (nSPS) is 22.2. The quantitative estimate of drug-likeness (QED) is 0.804. The van der Waals surface area contributed by atoms with Crippen molar-refractivity contribution in [3.63, 3.8) is 0 Å². The fourth-order valence-corrected chi connectivity index (χ4v) is 3.40. The Kier molecular flexibility index (Phi) is 4.93. The third-order valence-electron chi connectivity index (χ3n) is 4.28. The maximum absolute atomic E-state index is 13.0. The van der Waals surface area contributed by atoms with Crippen LogP contribution in [0.2, 0.25) is 0 Å². The van der Waals surface area contributed by atoms with E-state index in [2.05, 4.69) is 27.4 Å². The first kappa shape index (κ1) is 17.3. The molecule has 124 valence electrons. The van der Waals surface area contributed by atoms with Crippen molar-refractivity contribution >= 4 is 11.8 Å². The number of rotatable bonds is 3. The summed E-state index contributed by atoms with van der Waals surface area (Å²) < 4.78 is 0. The molecule has 0 bridgehead atoms. The predicted molar refractivity (Wildman–Crippen MR) is 91.8 cm³/mol. The third kappa shape index (κ3) is 3.46. The van der Waals surface area contributed by atoms with Crippen LogP contribution in [0, 0.1) is 11.3 Å². The summed E-state index contributed by atoms with van der Waals surface area (Å²) in [6.07, 6.45) is 2.07. The largest absolute Gasteiger partial charge is 0.324 e. The highest BCUT2D eigenvalue weighted by Gasteiger charge is 2.45. The molecule has 1 fully saturated rings. The fraction of sp³-hybridized carbons (Fsp3) is 0.474. The number of carbonyl (C=O) groups is 2. The molecule has 4 heteroatoms. The van der Waals surface area contributed by atoms with E-state index in [-0.39, 0.29) is 29.3 Å². The molecular weight excluding hydrogens is 288 g/mol. The van der Waals surface area contributed by atoms with Gasteiger partial charge >= 0.3 is 0 Å². The molecule has 1 aliphatic rings. The monoisotopic (exact) mass is 314 g/mol. The van der Waals surface area contributed by atoms with E-state index < -0.39 is 0 Å². The van der Waals surface area contributed by atoms with Crippen LogP contribution in [0.5, 0.6) is 0 Å². The van der Waals surface area contributed by atoms with Gasteiger partial charge in [-0.3, -0.25) is 9.59 Å². The van der Waals surface area contributed by atoms with Gasteiger partial charge in [0.25, 0.3) is 5.91 Å². The lowest BCUT2D eigenvalue weighted by atomic mass is 9.85. The minimum Gasteiger partial charge on any atom is -0.324 e. The second kappa shape index (κ2) is 6.57. The second-order valence-electron chi connectivity index (χ2n) is 7.23. The highest BCUT2D eigenvalue weighted by molar-refractivity contribution is 5.95. The number of nitrogens with zero attached hydrogens (tertiary/aromatic N) is 2. The summed E-state index contributed by atoms with van der Waals surface area (Å²) in [7, 11) is 1.79. The number of benzene rings is 1. The Balaban J connectivity index is 2.40. The highest BCUT2D eigenvalue weighted by Crippen LogP contribution is 2.33. The van der Waals surface area contributed by atoms with Crippen molar-refractivity contribution in [2.24, 2.45) is 11.3 Å². The van der Waals surface area contributed by atoms with Crippen molar-refractivity contribution in [1.29, 1.82) is 0 Å². The lowest BCUT2D eigenvalue weighted by molar-refractivity contribution is -0.152. The average Bonchev–Trinajstić information content (AvgIpc) is 2.50. The van der Waals surface area contributed by atoms with E-state index in [9.17, 15) is 9.59 Å². The SMILES string of the molecule is C=CC[C@H]1CN(C(=O)c2ccccc2)C(C(C)(C)C)N(C)C1=O. The topological polar surface area (TPSA) is 40.6 Å². The fourth-order valence-electron chi connectivity index (χ4n) is 3.40. The van der Waals surface area contributed by atoms with Crippen molar-refractivity contribution in [2.45, 2.75) is 33.4 Å². The van der Waals surface area contributed by atoms with E-state index >= 15 is 0 Å². The zero-order chi connectivity index (χ0) is 17.2. The van der Waals surface area contributed by atoms with E-state index in [0.717, 1.165) is 0 Å². The van der Waals surface area contributed by atoms with Gasteiger partial charge < -0.3 is 9.80 Å². The molecule has 1 unspecified atom stereocenters. The number of amides is 2. The minimum atomic E-state index is -0.260. The third-order valence-corrected chi connectivity index (χ3v) is 4.28. The molecular formula is C19H26N2O2. The van der Waals surface area contributed by atoms with Gasteiger partial charge in [0, 0.05) is 24.6 Å². The summed E-state index contributed by atoms with van der Waals surface area (Å²) >= 11 is 0. The van der Waals surface area contributed by atoms with Crippen LogP contribution < -0.4 is 0 Å². The molecule has 0 radical (unpaired) electrons. The van der Waals surface area contributed by atoms with Crippen molar-refractivity contribution in [2.75, 3.05) is 13.6 Å². The van der Waals surface area contributed by atoms with Crippen LogP contribution in [0.3, 0.4) is 0 Å². The molecule has 0 saturated carbocycles. The molecule has 0 N–H and O–H groups in total. The molecule has 0 aromatic heterocycles. The summed E-state index contributed by atoms with van der Waals surface area (Å²) in [4.78, 5) is 29.2. The maximum Gasteiger partial charge on any atom is 0.255 e. The smallest absolute Gasteiger partial charge is 0.255 e. The van der Waals surface area contributed by atoms with Crippen LogP contribution in [-0.2, 0) is 4.79 Å². The van der Waals surface area contributed by atoms with E-state index in [1.165, 1.54) is 0 Å². The van der Waals surface area contributed by atoms with Crippen molar-refractivity contribution in [1.82, 2.24) is 9.80 Å². The number of allylic oxidation sites excluding steroid dienone is 1. The molecule has 1 aliphatic heterocycles. The summed E-state index contributed by atoms with van der Waals surface area (Å²) in [6, 6.07) is 9.26. The van der Waals surface area contributed by atoms with E-state index in [1.807, 2.05) is 35.2 Å². The lowest BCUT2D eigenvalue weighted by Gasteiger charge is -2.50. The molecule has 1 aromatic rings.